The Hall–Kier alpha value is -2.98. The van der Waals surface area contributed by atoms with E-state index in [1.54, 1.807) is 0 Å². The number of halogens is 1. The highest BCUT2D eigenvalue weighted by Gasteiger charge is 2.27. The lowest BCUT2D eigenvalue weighted by Crippen LogP contribution is -2.45. The van der Waals surface area contributed by atoms with Gasteiger partial charge in [-0.05, 0) is 37.1 Å². The van der Waals surface area contributed by atoms with Crippen LogP contribution in [-0.4, -0.2) is 5.84 Å². The third-order valence-electron chi connectivity index (χ3n) is 4.32. The van der Waals surface area contributed by atoms with Gasteiger partial charge in [-0.1, -0.05) is 66.7 Å². The van der Waals surface area contributed by atoms with E-state index in [1.807, 2.05) is 52.7 Å². The second kappa shape index (κ2) is 7.50. The summed E-state index contributed by atoms with van der Waals surface area (Å²) >= 11 is 0. The summed E-state index contributed by atoms with van der Waals surface area (Å²) in [6.07, 6.45) is 0. The lowest BCUT2D eigenvalue weighted by Gasteiger charge is -2.29. The Morgan fingerprint density at radius 3 is 1.85 bits per heavy atom. The van der Waals surface area contributed by atoms with Crippen molar-refractivity contribution < 1.29 is 0 Å². The molecule has 0 amide bonds. The Morgan fingerprint density at radius 1 is 0.692 bits per heavy atom. The lowest BCUT2D eigenvalue weighted by molar-refractivity contribution is 0.765. The van der Waals surface area contributed by atoms with Gasteiger partial charge in [0.2, 0.25) is 0 Å². The number of hydrazone groups is 1. The zero-order valence-electron chi connectivity index (χ0n) is 14.8. The van der Waals surface area contributed by atoms with Crippen LogP contribution in [0.4, 0.5) is 11.4 Å². The number of nitrogens with zero attached hydrogens (tertiary/aromatic N) is 3. The Kier molecular flexibility index (Phi) is 5.14. The summed E-state index contributed by atoms with van der Waals surface area (Å²) in [6, 6.07) is 26.7. The summed E-state index contributed by atoms with van der Waals surface area (Å²) in [7, 11) is 0. The molecule has 1 N–H and O–H groups in total. The molecule has 0 aliphatic carbocycles. The molecule has 4 nitrogen and oxygen atoms in total. The van der Waals surface area contributed by atoms with Crippen LogP contribution in [0.25, 0.3) is 0 Å². The first kappa shape index (κ1) is 17.8. The van der Waals surface area contributed by atoms with Crippen molar-refractivity contribution in [3.63, 3.8) is 0 Å². The van der Waals surface area contributed by atoms with Crippen molar-refractivity contribution in [3.8, 4) is 0 Å². The van der Waals surface area contributed by atoms with Crippen LogP contribution in [0.2, 0.25) is 0 Å². The van der Waals surface area contributed by atoms with Crippen LogP contribution in [0.3, 0.4) is 0 Å². The Bertz CT molecular complexity index is 924. The van der Waals surface area contributed by atoms with Gasteiger partial charge >= 0.3 is 0 Å². The van der Waals surface area contributed by atoms with Crippen LogP contribution >= 0.6 is 12.4 Å². The third kappa shape index (κ3) is 3.24. The third-order valence-corrected chi connectivity index (χ3v) is 4.32. The number of hydrogen-bond donors (Lipinski definition) is 1. The van der Waals surface area contributed by atoms with Crippen molar-refractivity contribution in [3.05, 3.63) is 95.6 Å². The van der Waals surface area contributed by atoms with E-state index in [0.717, 1.165) is 22.8 Å². The molecule has 5 heteroatoms. The minimum atomic E-state index is 0. The molecule has 0 fully saturated rings. The zero-order chi connectivity index (χ0) is 17.2. The normalized spacial score (nSPS) is 13.1. The maximum absolute atomic E-state index is 4.85. The average molecular weight is 365 g/mol. The average Bonchev–Trinajstić information content (AvgIpc) is 3.08. The van der Waals surface area contributed by atoms with Crippen LogP contribution in [0.1, 0.15) is 16.7 Å². The van der Waals surface area contributed by atoms with Crippen molar-refractivity contribution in [1.82, 2.24) is 5.43 Å². The molecule has 3 aromatic carbocycles. The van der Waals surface area contributed by atoms with E-state index in [2.05, 4.69) is 55.7 Å². The Morgan fingerprint density at radius 2 is 1.23 bits per heavy atom. The van der Waals surface area contributed by atoms with E-state index in [1.165, 1.54) is 11.1 Å². The summed E-state index contributed by atoms with van der Waals surface area (Å²) < 4.78 is 0. The number of anilines is 2. The maximum atomic E-state index is 4.85. The van der Waals surface area contributed by atoms with Crippen molar-refractivity contribution >= 4 is 29.6 Å². The molecule has 0 unspecified atom stereocenters. The molecule has 4 rings (SSSR count). The minimum absolute atomic E-state index is 0. The molecule has 0 aromatic heterocycles. The Labute approximate surface area is 160 Å². The number of nitrogens with one attached hydrogen (secondary N) is 1. The van der Waals surface area contributed by atoms with Gasteiger partial charge in [0.15, 0.2) is 5.84 Å². The van der Waals surface area contributed by atoms with Crippen LogP contribution in [0, 0.1) is 13.8 Å². The molecule has 0 atom stereocenters. The van der Waals surface area contributed by atoms with Gasteiger partial charge in [0.05, 0.1) is 11.4 Å². The van der Waals surface area contributed by atoms with Gasteiger partial charge in [-0.2, -0.15) is 10.2 Å². The van der Waals surface area contributed by atoms with Crippen molar-refractivity contribution in [2.75, 3.05) is 10.2 Å². The summed E-state index contributed by atoms with van der Waals surface area (Å²) in [5.41, 5.74) is 8.96. The molecule has 1 aliphatic heterocycles. The first-order valence-corrected chi connectivity index (χ1v) is 8.36. The number of aryl methyl sites for hydroxylation is 2. The second-order valence-corrected chi connectivity index (χ2v) is 6.10. The molecule has 0 bridgehead atoms. The van der Waals surface area contributed by atoms with E-state index >= 15 is 0 Å². The van der Waals surface area contributed by atoms with E-state index in [4.69, 9.17) is 5.10 Å². The zero-order valence-corrected chi connectivity index (χ0v) is 15.6. The molecule has 0 spiro atoms. The van der Waals surface area contributed by atoms with Crippen molar-refractivity contribution in [2.45, 2.75) is 13.8 Å². The minimum Gasteiger partial charge on any atom is -0.259 e. The molecule has 0 saturated heterocycles. The van der Waals surface area contributed by atoms with Crippen LogP contribution in [-0.2, 0) is 0 Å². The highest BCUT2D eigenvalue weighted by atomic mass is 35.5. The SMILES string of the molecule is Cc1ccccc1N1N=C(c2ccccc2)NN1c1ccccc1C.Cl. The molecule has 1 heterocycles. The van der Waals surface area contributed by atoms with Crippen LogP contribution in [0.5, 0.6) is 0 Å². The first-order chi connectivity index (χ1) is 12.2. The Balaban J connectivity index is 0.00000196. The summed E-state index contributed by atoms with van der Waals surface area (Å²) in [4.78, 5) is 0. The molecular formula is C21H21ClN4. The van der Waals surface area contributed by atoms with E-state index in [9.17, 15) is 0 Å². The summed E-state index contributed by atoms with van der Waals surface area (Å²) in [5, 5.41) is 8.78. The summed E-state index contributed by atoms with van der Waals surface area (Å²) in [5.74, 6) is 0.826. The predicted octanol–water partition coefficient (Wildman–Crippen LogP) is 4.83. The fourth-order valence-electron chi connectivity index (χ4n) is 2.94. The molecule has 26 heavy (non-hydrogen) atoms. The molecule has 0 radical (unpaired) electrons. The molecular weight excluding hydrogens is 344 g/mol. The second-order valence-electron chi connectivity index (χ2n) is 6.10. The standard InChI is InChI=1S/C21H20N4.ClH/c1-16-10-6-8-14-19(16)24-22-21(18-12-4-3-5-13-18)23-25(24)20-15-9-7-11-17(20)2;/h3-15H,1-2H3,(H,22,23);1H. The van der Waals surface area contributed by atoms with Crippen LogP contribution in [0.15, 0.2) is 84.0 Å². The molecule has 0 saturated carbocycles. The number of hydrazine groups is 2. The van der Waals surface area contributed by atoms with Gasteiger partial charge in [0.1, 0.15) is 0 Å². The van der Waals surface area contributed by atoms with E-state index in [0.29, 0.717) is 0 Å². The van der Waals surface area contributed by atoms with Gasteiger partial charge in [-0.3, -0.25) is 5.43 Å². The van der Waals surface area contributed by atoms with Crippen molar-refractivity contribution in [1.29, 1.82) is 0 Å². The molecule has 132 valence electrons. The van der Waals surface area contributed by atoms with Gasteiger partial charge in [0.25, 0.3) is 0 Å². The number of rotatable bonds is 3. The smallest absolute Gasteiger partial charge is 0.176 e. The monoisotopic (exact) mass is 364 g/mol. The summed E-state index contributed by atoms with van der Waals surface area (Å²) in [6.45, 7) is 4.20. The largest absolute Gasteiger partial charge is 0.259 e. The van der Waals surface area contributed by atoms with Gasteiger partial charge in [-0.15, -0.1) is 17.5 Å². The topological polar surface area (TPSA) is 30.9 Å². The first-order valence-electron chi connectivity index (χ1n) is 8.36. The fraction of sp³-hybridized carbons (Fsp3) is 0.0952. The van der Waals surface area contributed by atoms with E-state index < -0.39 is 0 Å². The lowest BCUT2D eigenvalue weighted by atomic mass is 10.2. The molecule has 1 aliphatic rings. The van der Waals surface area contributed by atoms with E-state index in [-0.39, 0.29) is 12.4 Å². The van der Waals surface area contributed by atoms with Gasteiger partial charge in [0, 0.05) is 5.56 Å². The maximum Gasteiger partial charge on any atom is 0.176 e. The number of hydrogen-bond acceptors (Lipinski definition) is 4. The fourth-order valence-corrected chi connectivity index (χ4v) is 2.94. The number of amidine groups is 1. The quantitative estimate of drug-likeness (QED) is 0.721. The highest BCUT2D eigenvalue weighted by molar-refractivity contribution is 6.02. The highest BCUT2D eigenvalue weighted by Crippen LogP contribution is 2.29. The number of benzene rings is 3. The van der Waals surface area contributed by atoms with Crippen LogP contribution < -0.4 is 15.7 Å². The number of para-hydroxylation sites is 2. The molecule has 3 aromatic rings. The predicted molar refractivity (Wildman–Crippen MR) is 111 cm³/mol. The van der Waals surface area contributed by atoms with Gasteiger partial charge < -0.3 is 0 Å². The van der Waals surface area contributed by atoms with Crippen molar-refractivity contribution in [2.24, 2.45) is 5.10 Å². The van der Waals surface area contributed by atoms with Gasteiger partial charge in [-0.25, -0.2) is 0 Å².